The zero-order valence-electron chi connectivity index (χ0n) is 9.76. The van der Waals surface area contributed by atoms with Gasteiger partial charge in [-0.1, -0.05) is 27.4 Å². The number of nitrogens with one attached hydrogen (secondary N) is 1. The van der Waals surface area contributed by atoms with Crippen molar-refractivity contribution < 1.29 is 4.39 Å². The van der Waals surface area contributed by atoms with Gasteiger partial charge in [0.1, 0.15) is 11.5 Å². The smallest absolute Gasteiger partial charge is 0.150 e. The van der Waals surface area contributed by atoms with Gasteiger partial charge in [0.25, 0.3) is 0 Å². The first kappa shape index (κ1) is 10.9. The number of halogens is 1. The molecule has 0 saturated heterocycles. The number of pyridine rings is 1. The van der Waals surface area contributed by atoms with Crippen LogP contribution in [0.4, 0.5) is 4.39 Å². The molecule has 2 rings (SSSR count). The maximum atomic E-state index is 13.5. The second kappa shape index (κ2) is 3.44. The zero-order valence-corrected chi connectivity index (χ0v) is 9.76. The van der Waals surface area contributed by atoms with Crippen LogP contribution in [0.1, 0.15) is 32.0 Å². The molecule has 84 valence electrons. The topological polar surface area (TPSA) is 28.7 Å². The Labute approximate surface area is 94.2 Å². The summed E-state index contributed by atoms with van der Waals surface area (Å²) in [6, 6.07) is 1.85. The first-order valence-corrected chi connectivity index (χ1v) is 5.24. The highest BCUT2D eigenvalue weighted by atomic mass is 19.1. The van der Waals surface area contributed by atoms with Crippen molar-refractivity contribution in [3.8, 4) is 0 Å². The Bertz CT molecular complexity index is 547. The average molecular weight is 218 g/mol. The summed E-state index contributed by atoms with van der Waals surface area (Å²) >= 11 is 0. The molecule has 2 nitrogen and oxygen atoms in total. The number of hydrogen-bond acceptors (Lipinski definition) is 1. The summed E-state index contributed by atoms with van der Waals surface area (Å²) in [5.41, 5.74) is 2.31. The SMILES string of the molecule is C=Cc1nc2[nH]cc(F)c2cc1C(C)(C)C. The van der Waals surface area contributed by atoms with Gasteiger partial charge in [-0.05, 0) is 23.1 Å². The molecule has 0 unspecified atom stereocenters. The van der Waals surface area contributed by atoms with Crippen LogP contribution in [0, 0.1) is 5.82 Å². The summed E-state index contributed by atoms with van der Waals surface area (Å²) < 4.78 is 13.5. The van der Waals surface area contributed by atoms with Crippen molar-refractivity contribution in [2.24, 2.45) is 0 Å². The second-order valence-corrected chi connectivity index (χ2v) is 4.91. The Balaban J connectivity index is 2.80. The van der Waals surface area contributed by atoms with Crippen molar-refractivity contribution in [1.82, 2.24) is 9.97 Å². The quantitative estimate of drug-likeness (QED) is 0.777. The van der Waals surface area contributed by atoms with E-state index in [1.54, 1.807) is 6.08 Å². The summed E-state index contributed by atoms with van der Waals surface area (Å²) in [4.78, 5) is 7.17. The van der Waals surface area contributed by atoms with Crippen molar-refractivity contribution in [3.05, 3.63) is 35.9 Å². The number of rotatable bonds is 1. The molecule has 2 aromatic rings. The van der Waals surface area contributed by atoms with Gasteiger partial charge in [0.2, 0.25) is 0 Å². The van der Waals surface area contributed by atoms with E-state index in [1.807, 2.05) is 6.07 Å². The van der Waals surface area contributed by atoms with Gasteiger partial charge in [0, 0.05) is 6.20 Å². The Hall–Kier alpha value is -1.64. The number of nitrogens with zero attached hydrogens (tertiary/aromatic N) is 1. The van der Waals surface area contributed by atoms with Gasteiger partial charge in [-0.2, -0.15) is 0 Å². The predicted octanol–water partition coefficient (Wildman–Crippen LogP) is 3.64. The average Bonchev–Trinajstić information content (AvgIpc) is 2.57. The van der Waals surface area contributed by atoms with Gasteiger partial charge in [0.15, 0.2) is 0 Å². The van der Waals surface area contributed by atoms with E-state index in [9.17, 15) is 4.39 Å². The number of aromatic amines is 1. The Morgan fingerprint density at radius 2 is 2.12 bits per heavy atom. The lowest BCUT2D eigenvalue weighted by atomic mass is 9.85. The van der Waals surface area contributed by atoms with E-state index < -0.39 is 0 Å². The van der Waals surface area contributed by atoms with Crippen LogP contribution in [0.5, 0.6) is 0 Å². The molecule has 2 heterocycles. The van der Waals surface area contributed by atoms with Crippen LogP contribution in [-0.4, -0.2) is 9.97 Å². The van der Waals surface area contributed by atoms with Crippen LogP contribution in [0.2, 0.25) is 0 Å². The molecule has 0 aliphatic carbocycles. The fourth-order valence-electron chi connectivity index (χ4n) is 1.79. The lowest BCUT2D eigenvalue weighted by Gasteiger charge is -2.21. The van der Waals surface area contributed by atoms with Crippen LogP contribution < -0.4 is 0 Å². The Morgan fingerprint density at radius 1 is 1.44 bits per heavy atom. The normalized spacial score (nSPS) is 12.0. The van der Waals surface area contributed by atoms with E-state index in [1.165, 1.54) is 6.20 Å². The van der Waals surface area contributed by atoms with Crippen LogP contribution in [-0.2, 0) is 5.41 Å². The molecule has 1 N–H and O–H groups in total. The first-order valence-electron chi connectivity index (χ1n) is 5.24. The van der Waals surface area contributed by atoms with Gasteiger partial charge in [-0.3, -0.25) is 0 Å². The van der Waals surface area contributed by atoms with Crippen LogP contribution in [0.25, 0.3) is 17.1 Å². The second-order valence-electron chi connectivity index (χ2n) is 4.91. The molecule has 0 amide bonds. The monoisotopic (exact) mass is 218 g/mol. The molecule has 0 aromatic carbocycles. The molecule has 0 aliphatic rings. The molecule has 3 heteroatoms. The van der Waals surface area contributed by atoms with E-state index >= 15 is 0 Å². The number of fused-ring (bicyclic) bond motifs is 1. The highest BCUT2D eigenvalue weighted by molar-refractivity contribution is 5.79. The molecule has 0 atom stereocenters. The third-order valence-electron chi connectivity index (χ3n) is 2.65. The summed E-state index contributed by atoms with van der Waals surface area (Å²) in [5, 5.41) is 0.538. The van der Waals surface area contributed by atoms with Crippen molar-refractivity contribution in [2.75, 3.05) is 0 Å². The van der Waals surface area contributed by atoms with E-state index in [2.05, 4.69) is 37.3 Å². The van der Waals surface area contributed by atoms with Crippen molar-refractivity contribution >= 4 is 17.1 Å². The van der Waals surface area contributed by atoms with Crippen molar-refractivity contribution in [1.29, 1.82) is 0 Å². The summed E-state index contributed by atoms with van der Waals surface area (Å²) in [6.07, 6.45) is 3.04. The molecule has 16 heavy (non-hydrogen) atoms. The minimum Gasteiger partial charge on any atom is -0.343 e. The van der Waals surface area contributed by atoms with Gasteiger partial charge in [-0.15, -0.1) is 0 Å². The van der Waals surface area contributed by atoms with Gasteiger partial charge in [-0.25, -0.2) is 9.37 Å². The van der Waals surface area contributed by atoms with Gasteiger partial charge < -0.3 is 4.98 Å². The van der Waals surface area contributed by atoms with Gasteiger partial charge in [0.05, 0.1) is 11.1 Å². The third-order valence-corrected chi connectivity index (χ3v) is 2.65. The minimum atomic E-state index is -0.261. The van der Waals surface area contributed by atoms with Crippen LogP contribution in [0.15, 0.2) is 18.8 Å². The lowest BCUT2D eigenvalue weighted by molar-refractivity contribution is 0.586. The molecule has 0 bridgehead atoms. The molecule has 0 aliphatic heterocycles. The highest BCUT2D eigenvalue weighted by Crippen LogP contribution is 2.29. The number of aromatic nitrogens is 2. The Morgan fingerprint density at radius 3 is 2.69 bits per heavy atom. The van der Waals surface area contributed by atoms with Gasteiger partial charge >= 0.3 is 0 Å². The molecule has 2 aromatic heterocycles. The summed E-state index contributed by atoms with van der Waals surface area (Å²) in [5.74, 6) is -0.261. The van der Waals surface area contributed by atoms with E-state index in [0.717, 1.165) is 11.3 Å². The number of H-pyrrole nitrogens is 1. The molecule has 0 fully saturated rings. The van der Waals surface area contributed by atoms with Crippen LogP contribution in [0.3, 0.4) is 0 Å². The predicted molar refractivity (Wildman–Crippen MR) is 64.8 cm³/mol. The zero-order chi connectivity index (χ0) is 11.9. The van der Waals surface area contributed by atoms with Crippen LogP contribution >= 0.6 is 0 Å². The Kier molecular flexibility index (Phi) is 2.34. The largest absolute Gasteiger partial charge is 0.343 e. The number of hydrogen-bond donors (Lipinski definition) is 1. The fourth-order valence-corrected chi connectivity index (χ4v) is 1.79. The lowest BCUT2D eigenvalue weighted by Crippen LogP contribution is -2.14. The first-order chi connectivity index (χ1) is 7.43. The minimum absolute atomic E-state index is 0.0750. The molecular formula is C13H15FN2. The molecule has 0 spiro atoms. The van der Waals surface area contributed by atoms with E-state index in [-0.39, 0.29) is 11.2 Å². The summed E-state index contributed by atoms with van der Waals surface area (Å²) in [6.45, 7) is 9.98. The standard InChI is InChI=1S/C13H15FN2/c1-5-11-9(13(2,3)4)6-8-10(14)7-15-12(8)16-11/h5-7H,1H2,2-4H3,(H,15,16). The third kappa shape index (κ3) is 1.62. The highest BCUT2D eigenvalue weighted by Gasteiger charge is 2.19. The van der Waals surface area contributed by atoms with Crippen molar-refractivity contribution in [2.45, 2.75) is 26.2 Å². The molecule has 0 radical (unpaired) electrons. The van der Waals surface area contributed by atoms with Crippen molar-refractivity contribution in [3.63, 3.8) is 0 Å². The maximum absolute atomic E-state index is 13.5. The summed E-state index contributed by atoms with van der Waals surface area (Å²) in [7, 11) is 0. The van der Waals surface area contributed by atoms with E-state index in [4.69, 9.17) is 0 Å². The fraction of sp³-hybridized carbons (Fsp3) is 0.308. The maximum Gasteiger partial charge on any atom is 0.150 e. The van der Waals surface area contributed by atoms with E-state index in [0.29, 0.717) is 11.0 Å². The molecule has 0 saturated carbocycles. The molecular weight excluding hydrogens is 203 g/mol.